The van der Waals surface area contributed by atoms with Crippen molar-refractivity contribution in [3.63, 3.8) is 0 Å². The number of hydrogen-bond donors (Lipinski definition) is 1. The number of benzene rings is 1. The van der Waals surface area contributed by atoms with Crippen LogP contribution < -0.4 is 5.32 Å². The van der Waals surface area contributed by atoms with E-state index in [1.54, 1.807) is 23.5 Å². The number of esters is 2. The predicted molar refractivity (Wildman–Crippen MR) is 84.3 cm³/mol. The van der Waals surface area contributed by atoms with Crippen LogP contribution in [0.15, 0.2) is 30.3 Å². The number of alkyl halides is 3. The van der Waals surface area contributed by atoms with E-state index >= 15 is 0 Å². The second-order valence-corrected chi connectivity index (χ2v) is 5.93. The van der Waals surface area contributed by atoms with Crippen molar-refractivity contribution in [2.75, 3.05) is 0 Å². The van der Waals surface area contributed by atoms with E-state index in [0.717, 1.165) is 6.92 Å². The van der Waals surface area contributed by atoms with E-state index in [-0.39, 0.29) is 12.0 Å². The highest BCUT2D eigenvalue weighted by molar-refractivity contribution is 5.89. The number of hydrogen-bond acceptors (Lipinski definition) is 6. The maximum atomic E-state index is 12.6. The summed E-state index contributed by atoms with van der Waals surface area (Å²) in [6.07, 6.45) is -8.75. The van der Waals surface area contributed by atoms with Gasteiger partial charge >= 0.3 is 24.0 Å². The van der Waals surface area contributed by atoms with Crippen LogP contribution in [-0.2, 0) is 23.8 Å². The monoisotopic (exact) mass is 389 g/mol. The second-order valence-electron chi connectivity index (χ2n) is 5.93. The summed E-state index contributed by atoms with van der Waals surface area (Å²) in [5.41, 5.74) is 0.188. The van der Waals surface area contributed by atoms with Crippen LogP contribution >= 0.6 is 0 Å². The molecule has 1 N–H and O–H groups in total. The lowest BCUT2D eigenvalue weighted by Crippen LogP contribution is -2.58. The SMILES string of the molecule is CC(=O)O[C@H]1C[C@@H](NC(=O)C(F)(F)F)[C@H](OC(=O)c2ccccc2)[C@@H](C)O1. The van der Waals surface area contributed by atoms with Crippen molar-refractivity contribution < 1.29 is 41.8 Å². The summed E-state index contributed by atoms with van der Waals surface area (Å²) >= 11 is 0. The lowest BCUT2D eigenvalue weighted by atomic mass is 9.99. The van der Waals surface area contributed by atoms with E-state index in [0.29, 0.717) is 0 Å². The fourth-order valence-electron chi connectivity index (χ4n) is 2.64. The topological polar surface area (TPSA) is 90.9 Å². The van der Waals surface area contributed by atoms with Gasteiger partial charge in [0.15, 0.2) is 0 Å². The molecule has 7 nitrogen and oxygen atoms in total. The first kappa shape index (κ1) is 20.7. The van der Waals surface area contributed by atoms with Gasteiger partial charge in [-0.1, -0.05) is 18.2 Å². The Morgan fingerprint density at radius 2 is 1.78 bits per heavy atom. The first-order chi connectivity index (χ1) is 12.6. The Labute approximate surface area is 152 Å². The van der Waals surface area contributed by atoms with Crippen molar-refractivity contribution in [1.29, 1.82) is 0 Å². The van der Waals surface area contributed by atoms with Gasteiger partial charge in [-0.05, 0) is 19.1 Å². The average molecular weight is 389 g/mol. The summed E-state index contributed by atoms with van der Waals surface area (Å²) in [5, 5.41) is 1.79. The molecular formula is C17H18F3NO6. The Morgan fingerprint density at radius 3 is 2.33 bits per heavy atom. The highest BCUT2D eigenvalue weighted by atomic mass is 19.4. The molecule has 1 heterocycles. The Bertz CT molecular complexity index is 694. The molecule has 1 amide bonds. The molecule has 148 valence electrons. The third-order valence-corrected chi connectivity index (χ3v) is 3.80. The molecule has 0 saturated carbocycles. The predicted octanol–water partition coefficient (Wildman–Crippen LogP) is 1.96. The van der Waals surface area contributed by atoms with E-state index in [4.69, 9.17) is 14.2 Å². The van der Waals surface area contributed by atoms with Crippen molar-refractivity contribution in [3.8, 4) is 0 Å². The molecule has 1 aromatic rings. The third-order valence-electron chi connectivity index (χ3n) is 3.80. The molecule has 1 aliphatic heterocycles. The van der Waals surface area contributed by atoms with Gasteiger partial charge in [0.25, 0.3) is 0 Å². The molecule has 10 heteroatoms. The van der Waals surface area contributed by atoms with Crippen LogP contribution in [0, 0.1) is 0 Å². The molecule has 0 unspecified atom stereocenters. The maximum absolute atomic E-state index is 12.6. The van der Waals surface area contributed by atoms with Gasteiger partial charge in [0.05, 0.1) is 17.7 Å². The number of carbonyl (C=O) groups is 3. The largest absolute Gasteiger partial charge is 0.471 e. The van der Waals surface area contributed by atoms with Gasteiger partial charge in [-0.3, -0.25) is 9.59 Å². The van der Waals surface area contributed by atoms with Crippen molar-refractivity contribution >= 4 is 17.8 Å². The van der Waals surface area contributed by atoms with Crippen molar-refractivity contribution in [2.24, 2.45) is 0 Å². The minimum absolute atomic E-state index is 0.188. The van der Waals surface area contributed by atoms with Crippen LogP contribution in [0.5, 0.6) is 0 Å². The number of ether oxygens (including phenoxy) is 3. The molecule has 2 rings (SSSR count). The minimum Gasteiger partial charge on any atom is -0.454 e. The highest BCUT2D eigenvalue weighted by Crippen LogP contribution is 2.26. The summed E-state index contributed by atoms with van der Waals surface area (Å²) in [4.78, 5) is 34.7. The Hall–Kier alpha value is -2.62. The summed E-state index contributed by atoms with van der Waals surface area (Å²) in [5.74, 6) is -3.68. The van der Waals surface area contributed by atoms with Crippen LogP contribution in [-0.4, -0.2) is 48.6 Å². The Morgan fingerprint density at radius 1 is 1.15 bits per heavy atom. The van der Waals surface area contributed by atoms with E-state index in [1.165, 1.54) is 19.1 Å². The van der Waals surface area contributed by atoms with Gasteiger partial charge in [-0.2, -0.15) is 13.2 Å². The zero-order valence-electron chi connectivity index (χ0n) is 14.5. The zero-order valence-corrected chi connectivity index (χ0v) is 14.5. The van der Waals surface area contributed by atoms with E-state index in [2.05, 4.69) is 0 Å². The van der Waals surface area contributed by atoms with Crippen molar-refractivity contribution in [2.45, 2.75) is 51.0 Å². The molecule has 0 spiro atoms. The van der Waals surface area contributed by atoms with Crippen LogP contribution in [0.4, 0.5) is 13.2 Å². The lowest BCUT2D eigenvalue weighted by molar-refractivity contribution is -0.224. The van der Waals surface area contributed by atoms with Gasteiger partial charge in [0.1, 0.15) is 6.10 Å². The van der Waals surface area contributed by atoms with Gasteiger partial charge in [-0.15, -0.1) is 0 Å². The van der Waals surface area contributed by atoms with Crippen molar-refractivity contribution in [1.82, 2.24) is 5.32 Å². The van der Waals surface area contributed by atoms with Gasteiger partial charge in [0, 0.05) is 13.3 Å². The van der Waals surface area contributed by atoms with Crippen LogP contribution in [0.2, 0.25) is 0 Å². The Kier molecular flexibility index (Phi) is 6.42. The molecule has 0 aromatic heterocycles. The smallest absolute Gasteiger partial charge is 0.454 e. The van der Waals surface area contributed by atoms with Crippen LogP contribution in [0.1, 0.15) is 30.6 Å². The third kappa shape index (κ3) is 5.68. The van der Waals surface area contributed by atoms with E-state index in [1.807, 2.05) is 0 Å². The molecular weight excluding hydrogens is 371 g/mol. The van der Waals surface area contributed by atoms with Crippen molar-refractivity contribution in [3.05, 3.63) is 35.9 Å². The Balaban J connectivity index is 2.18. The molecule has 1 saturated heterocycles. The lowest BCUT2D eigenvalue weighted by Gasteiger charge is -2.39. The van der Waals surface area contributed by atoms with Crippen LogP contribution in [0.25, 0.3) is 0 Å². The van der Waals surface area contributed by atoms with Gasteiger partial charge in [-0.25, -0.2) is 4.79 Å². The molecule has 1 aliphatic rings. The molecule has 27 heavy (non-hydrogen) atoms. The first-order valence-electron chi connectivity index (χ1n) is 8.04. The molecule has 0 bridgehead atoms. The number of amides is 1. The van der Waals surface area contributed by atoms with Crippen LogP contribution in [0.3, 0.4) is 0 Å². The minimum atomic E-state index is -5.12. The maximum Gasteiger partial charge on any atom is 0.471 e. The normalized spacial score (nSPS) is 25.4. The molecule has 1 aromatic carbocycles. The zero-order chi connectivity index (χ0) is 20.2. The number of halogens is 3. The molecule has 1 fully saturated rings. The molecule has 0 aliphatic carbocycles. The standard InChI is InChI=1S/C17H18F3NO6/c1-9-14(27-15(23)11-6-4-3-5-7-11)12(21-16(24)17(18,19)20)8-13(25-9)26-10(2)22/h3-7,9,12-14H,8H2,1-2H3,(H,21,24)/t9-,12-,13+,14-/m1/s1. The first-order valence-corrected chi connectivity index (χ1v) is 8.04. The number of carbonyl (C=O) groups excluding carboxylic acids is 3. The number of nitrogens with one attached hydrogen (secondary N) is 1. The quantitative estimate of drug-likeness (QED) is 0.792. The number of rotatable bonds is 4. The second kappa shape index (κ2) is 8.38. The molecule has 4 atom stereocenters. The summed E-state index contributed by atoms with van der Waals surface area (Å²) in [6, 6.07) is 6.55. The van der Waals surface area contributed by atoms with E-state index in [9.17, 15) is 27.6 Å². The summed E-state index contributed by atoms with van der Waals surface area (Å²) in [6.45, 7) is 2.55. The summed E-state index contributed by atoms with van der Waals surface area (Å²) in [7, 11) is 0. The van der Waals surface area contributed by atoms with Gasteiger partial charge < -0.3 is 19.5 Å². The van der Waals surface area contributed by atoms with E-state index < -0.39 is 48.6 Å². The fourth-order valence-corrected chi connectivity index (χ4v) is 2.64. The fraction of sp³-hybridized carbons (Fsp3) is 0.471. The summed E-state index contributed by atoms with van der Waals surface area (Å²) < 4.78 is 53.4. The molecule has 0 radical (unpaired) electrons. The highest BCUT2D eigenvalue weighted by Gasteiger charge is 2.46. The van der Waals surface area contributed by atoms with Gasteiger partial charge in [0.2, 0.25) is 6.29 Å². The average Bonchev–Trinajstić information content (AvgIpc) is 2.57.